The molecule has 6 heteroatoms. The summed E-state index contributed by atoms with van der Waals surface area (Å²) in [7, 11) is 0. The Hall–Kier alpha value is -3.31. The van der Waals surface area contributed by atoms with Crippen LogP contribution in [0.25, 0.3) is 0 Å². The van der Waals surface area contributed by atoms with Gasteiger partial charge in [-0.2, -0.15) is 0 Å². The Morgan fingerprint density at radius 2 is 1.62 bits per heavy atom. The van der Waals surface area contributed by atoms with Crippen molar-refractivity contribution in [3.8, 4) is 11.5 Å². The molecule has 0 saturated carbocycles. The number of hydrogen-bond acceptors (Lipinski definition) is 3. The molecule has 3 aromatic rings. The number of benzene rings is 3. The Kier molecular flexibility index (Phi) is 6.87. The average molecular weight is 409 g/mol. The minimum absolute atomic E-state index is 0.176. The Morgan fingerprint density at radius 1 is 0.931 bits per heavy atom. The SMILES string of the molecule is Cc1ccccc1C(=O)NCCC(=O)Nc1ccc(Oc2ccccc2Cl)cc1. The van der Waals surface area contributed by atoms with Crippen LogP contribution in [0.5, 0.6) is 11.5 Å². The van der Waals surface area contributed by atoms with Crippen molar-refractivity contribution in [2.24, 2.45) is 0 Å². The summed E-state index contributed by atoms with van der Waals surface area (Å²) in [5.41, 5.74) is 2.15. The molecule has 0 aromatic heterocycles. The number of hydrogen-bond donors (Lipinski definition) is 2. The molecule has 0 aliphatic rings. The number of para-hydroxylation sites is 1. The maximum atomic E-state index is 12.2. The van der Waals surface area contributed by atoms with Crippen LogP contribution in [-0.4, -0.2) is 18.4 Å². The minimum atomic E-state index is -0.185. The Labute approximate surface area is 174 Å². The molecule has 0 heterocycles. The number of ether oxygens (including phenoxy) is 1. The van der Waals surface area contributed by atoms with E-state index in [2.05, 4.69) is 10.6 Å². The van der Waals surface area contributed by atoms with E-state index in [-0.39, 0.29) is 24.8 Å². The largest absolute Gasteiger partial charge is 0.456 e. The topological polar surface area (TPSA) is 67.4 Å². The third-order valence-electron chi connectivity index (χ3n) is 4.23. The highest BCUT2D eigenvalue weighted by atomic mass is 35.5. The first-order valence-electron chi connectivity index (χ1n) is 9.19. The zero-order valence-corrected chi connectivity index (χ0v) is 16.7. The van der Waals surface area contributed by atoms with Crippen molar-refractivity contribution in [2.45, 2.75) is 13.3 Å². The molecule has 5 nitrogen and oxygen atoms in total. The number of aryl methyl sites for hydroxylation is 1. The van der Waals surface area contributed by atoms with Crippen molar-refractivity contribution in [1.82, 2.24) is 5.32 Å². The van der Waals surface area contributed by atoms with Gasteiger partial charge in [0.1, 0.15) is 11.5 Å². The zero-order valence-electron chi connectivity index (χ0n) is 15.9. The molecule has 29 heavy (non-hydrogen) atoms. The van der Waals surface area contributed by atoms with Gasteiger partial charge in [0.25, 0.3) is 5.91 Å². The third kappa shape index (κ3) is 5.83. The van der Waals surface area contributed by atoms with E-state index in [0.29, 0.717) is 27.8 Å². The number of carbonyl (C=O) groups excluding carboxylic acids is 2. The number of nitrogens with one attached hydrogen (secondary N) is 2. The first kappa shape index (κ1) is 20.4. The highest BCUT2D eigenvalue weighted by Crippen LogP contribution is 2.29. The van der Waals surface area contributed by atoms with Crippen LogP contribution in [0, 0.1) is 6.92 Å². The highest BCUT2D eigenvalue weighted by molar-refractivity contribution is 6.32. The molecule has 0 fully saturated rings. The summed E-state index contributed by atoms with van der Waals surface area (Å²) >= 11 is 6.08. The lowest BCUT2D eigenvalue weighted by Crippen LogP contribution is -2.28. The molecular weight excluding hydrogens is 388 g/mol. The molecule has 0 unspecified atom stereocenters. The Morgan fingerprint density at radius 3 is 2.34 bits per heavy atom. The van der Waals surface area contributed by atoms with Crippen molar-refractivity contribution in [3.63, 3.8) is 0 Å². The predicted octanol–water partition coefficient (Wildman–Crippen LogP) is 5.20. The van der Waals surface area contributed by atoms with Gasteiger partial charge < -0.3 is 15.4 Å². The number of rotatable bonds is 7. The van der Waals surface area contributed by atoms with Crippen molar-refractivity contribution in [3.05, 3.63) is 88.9 Å². The minimum Gasteiger partial charge on any atom is -0.456 e. The normalized spacial score (nSPS) is 10.3. The standard InChI is InChI=1S/C23H21ClN2O3/c1-16-6-2-3-7-19(16)23(28)25-15-14-22(27)26-17-10-12-18(13-11-17)29-21-9-5-4-8-20(21)24/h2-13H,14-15H2,1H3,(H,25,28)(H,26,27). The summed E-state index contributed by atoms with van der Waals surface area (Å²) in [6, 6.07) is 21.5. The maximum absolute atomic E-state index is 12.2. The van der Waals surface area contributed by atoms with Gasteiger partial charge in [-0.1, -0.05) is 41.9 Å². The summed E-state index contributed by atoms with van der Waals surface area (Å²) in [6.45, 7) is 2.13. The van der Waals surface area contributed by atoms with E-state index in [0.717, 1.165) is 5.56 Å². The van der Waals surface area contributed by atoms with Crippen LogP contribution in [0.3, 0.4) is 0 Å². The summed E-state index contributed by atoms with van der Waals surface area (Å²) < 4.78 is 5.72. The van der Waals surface area contributed by atoms with Gasteiger partial charge in [-0.25, -0.2) is 0 Å². The molecule has 3 rings (SSSR count). The van der Waals surface area contributed by atoms with Crippen molar-refractivity contribution < 1.29 is 14.3 Å². The number of amides is 2. The third-order valence-corrected chi connectivity index (χ3v) is 4.54. The van der Waals surface area contributed by atoms with Crippen molar-refractivity contribution >= 4 is 29.1 Å². The Bertz CT molecular complexity index is 1000. The lowest BCUT2D eigenvalue weighted by molar-refractivity contribution is -0.116. The number of anilines is 1. The van der Waals surface area contributed by atoms with Crippen molar-refractivity contribution in [1.29, 1.82) is 0 Å². The first-order chi connectivity index (χ1) is 14.0. The highest BCUT2D eigenvalue weighted by Gasteiger charge is 2.09. The molecule has 0 radical (unpaired) electrons. The quantitative estimate of drug-likeness (QED) is 0.564. The zero-order chi connectivity index (χ0) is 20.6. The van der Waals surface area contributed by atoms with Crippen LogP contribution in [0.2, 0.25) is 5.02 Å². The van der Waals surface area contributed by atoms with E-state index in [1.54, 1.807) is 42.5 Å². The van der Waals surface area contributed by atoms with E-state index in [9.17, 15) is 9.59 Å². The van der Waals surface area contributed by atoms with Gasteiger partial charge in [-0.3, -0.25) is 9.59 Å². The predicted molar refractivity (Wildman–Crippen MR) is 115 cm³/mol. The molecule has 0 aliphatic heterocycles. The molecule has 2 amide bonds. The van der Waals surface area contributed by atoms with Gasteiger partial charge in [-0.15, -0.1) is 0 Å². The van der Waals surface area contributed by atoms with Gasteiger partial charge in [0.2, 0.25) is 5.91 Å². The van der Waals surface area contributed by atoms with E-state index in [1.807, 2.05) is 37.3 Å². The fourth-order valence-electron chi connectivity index (χ4n) is 2.70. The van der Waals surface area contributed by atoms with E-state index >= 15 is 0 Å². The monoisotopic (exact) mass is 408 g/mol. The van der Waals surface area contributed by atoms with Gasteiger partial charge in [0.15, 0.2) is 0 Å². The molecule has 3 aromatic carbocycles. The Balaban J connectivity index is 1.46. The summed E-state index contributed by atoms with van der Waals surface area (Å²) in [4.78, 5) is 24.3. The van der Waals surface area contributed by atoms with Crippen molar-refractivity contribution in [2.75, 3.05) is 11.9 Å². The van der Waals surface area contributed by atoms with Crippen LogP contribution >= 0.6 is 11.6 Å². The number of carbonyl (C=O) groups is 2. The van der Waals surface area contributed by atoms with E-state index < -0.39 is 0 Å². The number of halogens is 1. The maximum Gasteiger partial charge on any atom is 0.251 e. The molecule has 0 saturated heterocycles. The molecule has 0 atom stereocenters. The molecule has 0 spiro atoms. The molecule has 148 valence electrons. The molecular formula is C23H21ClN2O3. The second kappa shape index (κ2) is 9.75. The fourth-order valence-corrected chi connectivity index (χ4v) is 2.87. The second-order valence-electron chi connectivity index (χ2n) is 6.43. The molecule has 0 aliphatic carbocycles. The van der Waals surface area contributed by atoms with Crippen LogP contribution in [-0.2, 0) is 4.79 Å². The fraction of sp³-hybridized carbons (Fsp3) is 0.130. The van der Waals surface area contributed by atoms with Crippen LogP contribution in [0.4, 0.5) is 5.69 Å². The second-order valence-corrected chi connectivity index (χ2v) is 6.83. The first-order valence-corrected chi connectivity index (χ1v) is 9.57. The van der Waals surface area contributed by atoms with Gasteiger partial charge in [-0.05, 0) is 55.0 Å². The lowest BCUT2D eigenvalue weighted by atomic mass is 10.1. The van der Waals surface area contributed by atoms with Gasteiger partial charge >= 0.3 is 0 Å². The average Bonchev–Trinajstić information content (AvgIpc) is 2.71. The van der Waals surface area contributed by atoms with Crippen LogP contribution < -0.4 is 15.4 Å². The lowest BCUT2D eigenvalue weighted by Gasteiger charge is -2.10. The van der Waals surface area contributed by atoms with Gasteiger partial charge in [0.05, 0.1) is 5.02 Å². The van der Waals surface area contributed by atoms with Crippen LogP contribution in [0.15, 0.2) is 72.8 Å². The molecule has 0 bridgehead atoms. The summed E-state index contributed by atoms with van der Waals surface area (Å²) in [5.74, 6) is 0.809. The van der Waals surface area contributed by atoms with Crippen LogP contribution in [0.1, 0.15) is 22.3 Å². The summed E-state index contributed by atoms with van der Waals surface area (Å²) in [6.07, 6.45) is 0.176. The smallest absolute Gasteiger partial charge is 0.251 e. The van der Waals surface area contributed by atoms with E-state index in [4.69, 9.17) is 16.3 Å². The van der Waals surface area contributed by atoms with E-state index in [1.165, 1.54) is 0 Å². The molecule has 2 N–H and O–H groups in total. The van der Waals surface area contributed by atoms with Gasteiger partial charge in [0, 0.05) is 24.2 Å². The summed E-state index contributed by atoms with van der Waals surface area (Å²) in [5, 5.41) is 6.09.